The SMILES string of the molecule is COc1ccc(C2CC(=O)N(c3nc(C(=O)Nc4cnccc4N4CCNCC4)cs3)C2)cc1OC1CCCC1.CS(=O)(=O)c1ccc2c(c1)C(=O)N(c1nc(C(=O)Nc3cnccc3N3CCNCC3)cs1)C2.CS(=O)c1ccc2c(c1)C(=O)N(c1nc(C(=O)Nc3cnccc3N3CCNCC3)cs1)C2.O=C(Nc1cnccc1N1CCNCC1)c1csc(-n2nc3ccccn3c2=O)n1. The fourth-order valence-electron chi connectivity index (χ4n) is 17.0. The molecule has 5 saturated heterocycles. The number of aromatic nitrogens is 11. The molecule has 2 unspecified atom stereocenters. The highest BCUT2D eigenvalue weighted by Crippen LogP contribution is 2.42. The molecule has 6 fully saturated rings. The summed E-state index contributed by atoms with van der Waals surface area (Å²) in [5.41, 5.74) is 10.8. The maximum atomic E-state index is 13.1. The van der Waals surface area contributed by atoms with Crippen molar-refractivity contribution in [1.29, 1.82) is 0 Å². The minimum atomic E-state index is -3.43. The Bertz CT molecular complexity index is 6900. The number of thiazole rings is 4. The predicted molar refractivity (Wildman–Crippen MR) is 527 cm³/mol. The van der Waals surface area contributed by atoms with Crippen molar-refractivity contribution in [2.24, 2.45) is 0 Å². The highest BCUT2D eigenvalue weighted by molar-refractivity contribution is 7.90. The van der Waals surface area contributed by atoms with Crippen LogP contribution in [0.5, 0.6) is 11.5 Å². The van der Waals surface area contributed by atoms with E-state index in [1.807, 2.05) is 48.5 Å². The van der Waals surface area contributed by atoms with Gasteiger partial charge in [0, 0.05) is 215 Å². The van der Waals surface area contributed by atoms with E-state index in [0.717, 1.165) is 169 Å². The number of carbonyl (C=O) groups excluding carboxylic acids is 7. The Kier molecular flexibility index (Phi) is 28.9. The Balaban J connectivity index is 0.000000122. The van der Waals surface area contributed by atoms with Gasteiger partial charge < -0.3 is 71.6 Å². The Morgan fingerprint density at radius 1 is 0.489 bits per heavy atom. The quantitative estimate of drug-likeness (QED) is 0.0314. The summed E-state index contributed by atoms with van der Waals surface area (Å²) >= 11 is 4.91. The number of amides is 7. The van der Waals surface area contributed by atoms with Crippen molar-refractivity contribution in [2.45, 2.75) is 67.0 Å². The van der Waals surface area contributed by atoms with Gasteiger partial charge in [-0.2, -0.15) is 4.68 Å². The monoisotopic (exact) mass is 1960 g/mol. The zero-order chi connectivity index (χ0) is 94.8. The molecule has 137 heavy (non-hydrogen) atoms. The molecule has 8 aliphatic rings. The molecule has 45 heteroatoms. The van der Waals surface area contributed by atoms with Crippen molar-refractivity contribution >= 4 is 174 Å². The zero-order valence-electron chi connectivity index (χ0n) is 74.7. The lowest BCUT2D eigenvalue weighted by Gasteiger charge is -2.30. The van der Waals surface area contributed by atoms with Gasteiger partial charge in [-0.15, -0.1) is 50.4 Å². The number of rotatable bonds is 22. The second kappa shape index (κ2) is 42.2. The van der Waals surface area contributed by atoms with Crippen LogP contribution in [0.15, 0.2) is 189 Å². The number of hydrogen-bond donors (Lipinski definition) is 8. The highest BCUT2D eigenvalue weighted by atomic mass is 32.2. The summed E-state index contributed by atoms with van der Waals surface area (Å²) in [5, 5.41) is 37.5. The van der Waals surface area contributed by atoms with E-state index >= 15 is 0 Å². The molecule has 13 aromatic rings. The van der Waals surface area contributed by atoms with E-state index in [4.69, 9.17) is 9.47 Å². The highest BCUT2D eigenvalue weighted by Gasteiger charge is 2.38. The molecule has 1 aliphatic carbocycles. The van der Waals surface area contributed by atoms with Crippen LogP contribution in [-0.4, -0.2) is 245 Å². The molecule has 708 valence electrons. The standard InChI is InChI=1S/C29H34N6O4S.C22H22N6O4S2.C22H22N6O3S2.C19H18N8O2S/c1-38-25-7-6-19(14-26(25)39-21-4-2-3-5-21)20-15-27(36)35(17-20)29-33-23(18-40-29)28(37)32-22-16-31-9-8-24(22)34-12-10-30-11-13-34;1-34(31,32)15-3-2-14-12-28(21(30)16(14)10-15)22-26-18(13-33-22)20(29)25-17-11-24-5-4-19(17)27-8-6-23-7-9-27;1-33(31)15-3-2-14-12-28(21(30)16(14)10-15)22-26-18(13-32-22)20(29)25-17-11-24-5-4-19(17)27-8-6-23-7-9-27;28-17(22-13-11-21-5-4-15(13)25-9-6-20-7-10-25)14-12-30-18(23-14)27-19(29)26-8-2-1-3-16(26)24-27/h6-9,14,16,18,20-21,30H,2-5,10-13,15,17H2,1H3,(H,32,37);2-5,10-11,13,23H,6-9,12H2,1H3,(H,25,29);2-5,10-11,13,23H,6-9,12H2,1H3,(H,25,29);1-5,8,11-12,20H,6-7,9-10H2,(H,22,28). The number of anilines is 11. The van der Waals surface area contributed by atoms with Crippen molar-refractivity contribution in [1.82, 2.24) is 75.3 Å². The van der Waals surface area contributed by atoms with E-state index in [2.05, 4.69) is 107 Å². The number of fused-ring (bicyclic) bond motifs is 3. The minimum absolute atomic E-state index is 0.00231. The molecular weight excluding hydrogens is 1870 g/mol. The van der Waals surface area contributed by atoms with Crippen LogP contribution in [0.3, 0.4) is 0 Å². The summed E-state index contributed by atoms with van der Waals surface area (Å²) in [7, 11) is -2.95. The molecule has 8 N–H and O–H groups in total. The van der Waals surface area contributed by atoms with Crippen LogP contribution in [0.4, 0.5) is 60.9 Å². The average Bonchev–Trinajstić information content (AvgIpc) is 1.58. The molecule has 3 aromatic carbocycles. The third-order valence-corrected chi connectivity index (χ3v) is 29.6. The number of methoxy groups -OCH3 is 1. The Hall–Kier alpha value is -13.8. The molecule has 7 aliphatic heterocycles. The Labute approximate surface area is 804 Å². The van der Waals surface area contributed by atoms with Gasteiger partial charge in [0.15, 0.2) is 42.4 Å². The summed E-state index contributed by atoms with van der Waals surface area (Å²) in [6, 6.07) is 28.6. The van der Waals surface area contributed by atoms with E-state index in [1.165, 1.54) is 84.3 Å². The van der Waals surface area contributed by atoms with E-state index < -0.39 is 26.5 Å². The maximum Gasteiger partial charge on any atom is 0.357 e. The number of pyridine rings is 5. The molecule has 21 rings (SSSR count). The third-order valence-electron chi connectivity index (χ3n) is 24.1. The van der Waals surface area contributed by atoms with Gasteiger partial charge in [-0.25, -0.2) is 37.5 Å². The van der Waals surface area contributed by atoms with Gasteiger partial charge in [-0.1, -0.05) is 24.3 Å². The van der Waals surface area contributed by atoms with Gasteiger partial charge >= 0.3 is 5.69 Å². The lowest BCUT2D eigenvalue weighted by atomic mass is 9.98. The first kappa shape index (κ1) is 93.6. The lowest BCUT2D eigenvalue weighted by molar-refractivity contribution is -0.117. The van der Waals surface area contributed by atoms with Gasteiger partial charge in [-0.05, 0) is 115 Å². The first-order valence-corrected chi connectivity index (χ1v) is 51.4. The van der Waals surface area contributed by atoms with E-state index in [-0.39, 0.29) is 87.4 Å². The van der Waals surface area contributed by atoms with Crippen LogP contribution in [0.1, 0.15) is 117 Å². The molecule has 39 nitrogen and oxygen atoms in total. The Morgan fingerprint density at radius 2 is 0.905 bits per heavy atom. The zero-order valence-corrected chi connectivity index (χ0v) is 79.6. The number of sulfone groups is 1. The third kappa shape index (κ3) is 21.4. The summed E-state index contributed by atoms with van der Waals surface area (Å²) in [5.74, 6) is -0.525. The predicted octanol–water partition coefficient (Wildman–Crippen LogP) is 8.91. The molecule has 0 radical (unpaired) electrons. The van der Waals surface area contributed by atoms with Crippen LogP contribution < -0.4 is 92.0 Å². The number of hydrogen-bond acceptors (Lipinski definition) is 34. The summed E-state index contributed by atoms with van der Waals surface area (Å²) in [6.07, 6.45) is 22.8. The van der Waals surface area contributed by atoms with Crippen LogP contribution in [0, 0.1) is 0 Å². The Morgan fingerprint density at radius 3 is 1.33 bits per heavy atom. The molecule has 0 spiro atoms. The number of benzene rings is 3. The van der Waals surface area contributed by atoms with E-state index in [0.29, 0.717) is 90.2 Å². The fourth-order valence-corrected chi connectivity index (χ4v) is 21.4. The van der Waals surface area contributed by atoms with Crippen molar-refractivity contribution in [3.63, 3.8) is 0 Å². The van der Waals surface area contributed by atoms with Crippen LogP contribution in [0.25, 0.3) is 10.8 Å². The first-order valence-electron chi connectivity index (χ1n) is 44.4. The van der Waals surface area contributed by atoms with Gasteiger partial charge in [0.25, 0.3) is 35.4 Å². The van der Waals surface area contributed by atoms with Crippen LogP contribution >= 0.6 is 45.3 Å². The van der Waals surface area contributed by atoms with Gasteiger partial charge in [0.05, 0.1) is 101 Å². The second-order valence-electron chi connectivity index (χ2n) is 33.0. The van der Waals surface area contributed by atoms with E-state index in [1.54, 1.807) is 137 Å². The number of ether oxygens (including phenoxy) is 2. The molecule has 0 bridgehead atoms. The van der Waals surface area contributed by atoms with Crippen molar-refractivity contribution in [2.75, 3.05) is 186 Å². The van der Waals surface area contributed by atoms with Crippen molar-refractivity contribution in [3.8, 4) is 16.6 Å². The maximum absolute atomic E-state index is 13.1. The number of carbonyl (C=O) groups is 7. The first-order chi connectivity index (χ1) is 66.6. The number of nitrogens with one attached hydrogen (secondary N) is 8. The fraction of sp³-hybridized carbons (Fsp3) is 0.315. The largest absolute Gasteiger partial charge is 0.493 e. The summed E-state index contributed by atoms with van der Waals surface area (Å²) < 4.78 is 49.9. The van der Waals surface area contributed by atoms with Crippen molar-refractivity contribution < 1.29 is 55.7 Å². The van der Waals surface area contributed by atoms with E-state index in [9.17, 15) is 51.0 Å². The summed E-state index contributed by atoms with van der Waals surface area (Å²) in [6.45, 7) is 14.9. The number of piperazine rings is 4. The second-order valence-corrected chi connectivity index (χ2v) is 39.7. The van der Waals surface area contributed by atoms with Crippen LogP contribution in [0.2, 0.25) is 0 Å². The lowest BCUT2D eigenvalue weighted by Crippen LogP contribution is -2.43. The molecule has 2 atom stereocenters. The van der Waals surface area contributed by atoms with Crippen LogP contribution in [-0.2, 0) is 38.5 Å². The minimum Gasteiger partial charge on any atom is -0.493 e. The number of nitrogens with zero attached hydrogens (tertiary/aromatic N) is 18. The van der Waals surface area contributed by atoms with Crippen molar-refractivity contribution in [3.05, 3.63) is 235 Å². The van der Waals surface area contributed by atoms with Gasteiger partial charge in [-0.3, -0.25) is 72.4 Å². The molecule has 1 saturated carbocycles. The summed E-state index contributed by atoms with van der Waals surface area (Å²) in [4.78, 5) is 152. The van der Waals surface area contributed by atoms with Gasteiger partial charge in [0.1, 0.15) is 22.8 Å². The molecule has 10 aromatic heterocycles. The normalized spacial score (nSPS) is 16.8. The van der Waals surface area contributed by atoms with Gasteiger partial charge in [0.2, 0.25) is 11.0 Å². The topological polar surface area (TPSA) is 450 Å². The molecule has 7 amide bonds. The smallest absolute Gasteiger partial charge is 0.357 e. The average molecular weight is 1970 g/mol. The molecule has 17 heterocycles. The molecular formula is C92H96N26O13S6.